The molecule has 0 aliphatic carbocycles. The molecule has 6 nitrogen and oxygen atoms in total. The van der Waals surface area contributed by atoms with Gasteiger partial charge in [0.15, 0.2) is 0 Å². The van der Waals surface area contributed by atoms with Crippen LogP contribution in [0.4, 0.5) is 0 Å². The van der Waals surface area contributed by atoms with Gasteiger partial charge < -0.3 is 19.4 Å². The van der Waals surface area contributed by atoms with E-state index in [4.69, 9.17) is 9.15 Å². The third-order valence-electron chi connectivity index (χ3n) is 3.82. The molecular weight excluding hydrogens is 284 g/mol. The molecular formula is C16H24N2O4. The van der Waals surface area contributed by atoms with E-state index in [0.29, 0.717) is 25.3 Å². The van der Waals surface area contributed by atoms with E-state index in [9.17, 15) is 9.59 Å². The number of esters is 1. The van der Waals surface area contributed by atoms with Gasteiger partial charge in [0.2, 0.25) is 11.7 Å². The zero-order valence-electron chi connectivity index (χ0n) is 13.3. The van der Waals surface area contributed by atoms with Crippen molar-refractivity contribution in [3.8, 4) is 0 Å². The molecule has 1 N–H and O–H groups in total. The quantitative estimate of drug-likeness (QED) is 0.587. The van der Waals surface area contributed by atoms with Gasteiger partial charge in [-0.05, 0) is 45.0 Å². The molecule has 2 heterocycles. The van der Waals surface area contributed by atoms with Crippen molar-refractivity contribution in [3.63, 3.8) is 0 Å². The number of hydrogen-bond donors (Lipinski definition) is 1. The summed E-state index contributed by atoms with van der Waals surface area (Å²) in [4.78, 5) is 25.5. The minimum absolute atomic E-state index is 0.149. The summed E-state index contributed by atoms with van der Waals surface area (Å²) in [6.07, 6.45) is 2.41. The van der Waals surface area contributed by atoms with E-state index in [1.54, 1.807) is 19.1 Å². The predicted molar refractivity (Wildman–Crippen MR) is 81.4 cm³/mol. The molecule has 1 unspecified atom stereocenters. The summed E-state index contributed by atoms with van der Waals surface area (Å²) in [5, 5.41) is 3.28. The fraction of sp³-hybridized carbons (Fsp3) is 0.625. The smallest absolute Gasteiger partial charge is 0.374 e. The van der Waals surface area contributed by atoms with E-state index in [1.807, 2.05) is 4.90 Å². The highest BCUT2D eigenvalue weighted by atomic mass is 16.5. The summed E-state index contributed by atoms with van der Waals surface area (Å²) in [5.74, 6) is 0.486. The summed E-state index contributed by atoms with van der Waals surface area (Å²) < 4.78 is 10.4. The second-order valence-corrected chi connectivity index (χ2v) is 5.34. The molecule has 0 aromatic carbocycles. The van der Waals surface area contributed by atoms with Crippen molar-refractivity contribution in [2.45, 2.75) is 45.7 Å². The van der Waals surface area contributed by atoms with Crippen molar-refractivity contribution in [1.82, 2.24) is 10.2 Å². The molecule has 6 heteroatoms. The highest BCUT2D eigenvalue weighted by molar-refractivity contribution is 5.86. The van der Waals surface area contributed by atoms with Crippen LogP contribution in [0.5, 0.6) is 0 Å². The molecule has 0 saturated carbocycles. The number of furan rings is 1. The van der Waals surface area contributed by atoms with E-state index in [0.717, 1.165) is 25.9 Å². The maximum atomic E-state index is 12.0. The van der Waals surface area contributed by atoms with Crippen LogP contribution >= 0.6 is 0 Å². The van der Waals surface area contributed by atoms with Gasteiger partial charge in [-0.2, -0.15) is 0 Å². The third kappa shape index (κ3) is 4.10. The lowest BCUT2D eigenvalue weighted by Crippen LogP contribution is -2.34. The van der Waals surface area contributed by atoms with E-state index in [-0.39, 0.29) is 17.7 Å². The van der Waals surface area contributed by atoms with E-state index in [2.05, 4.69) is 12.2 Å². The Bertz CT molecular complexity index is 512. The normalized spacial score (nSPS) is 18.0. The first-order chi connectivity index (χ1) is 10.7. The fourth-order valence-electron chi connectivity index (χ4n) is 2.70. The molecule has 122 valence electrons. The molecule has 1 aliphatic heterocycles. The zero-order valence-corrected chi connectivity index (χ0v) is 13.3. The second kappa shape index (κ2) is 7.98. The van der Waals surface area contributed by atoms with Crippen molar-refractivity contribution in [2.75, 3.05) is 19.7 Å². The monoisotopic (exact) mass is 308 g/mol. The molecule has 22 heavy (non-hydrogen) atoms. The summed E-state index contributed by atoms with van der Waals surface area (Å²) in [7, 11) is 0. The number of ether oxygens (including phenoxy) is 1. The lowest BCUT2D eigenvalue weighted by Gasteiger charge is -2.24. The average molecular weight is 308 g/mol. The first-order valence-corrected chi connectivity index (χ1v) is 7.91. The van der Waals surface area contributed by atoms with Gasteiger partial charge >= 0.3 is 5.97 Å². The van der Waals surface area contributed by atoms with Gasteiger partial charge in [0, 0.05) is 12.5 Å². The molecule has 0 bridgehead atoms. The van der Waals surface area contributed by atoms with Crippen molar-refractivity contribution >= 4 is 11.9 Å². The Hall–Kier alpha value is -1.82. The molecule has 1 fully saturated rings. The van der Waals surface area contributed by atoms with Gasteiger partial charge in [0.1, 0.15) is 5.76 Å². The van der Waals surface area contributed by atoms with Gasteiger partial charge in [0.05, 0.1) is 13.2 Å². The van der Waals surface area contributed by atoms with Crippen molar-refractivity contribution in [2.24, 2.45) is 0 Å². The van der Waals surface area contributed by atoms with Crippen LogP contribution in [-0.2, 0) is 16.1 Å². The van der Waals surface area contributed by atoms with Crippen molar-refractivity contribution in [3.05, 3.63) is 23.7 Å². The van der Waals surface area contributed by atoms with Crippen LogP contribution in [0.15, 0.2) is 16.5 Å². The van der Waals surface area contributed by atoms with E-state index in [1.165, 1.54) is 0 Å². The Kier molecular flexibility index (Phi) is 6.00. The number of amides is 1. The summed E-state index contributed by atoms with van der Waals surface area (Å²) >= 11 is 0. The topological polar surface area (TPSA) is 71.8 Å². The molecule has 1 aromatic rings. The van der Waals surface area contributed by atoms with Crippen LogP contribution in [0, 0.1) is 0 Å². The molecule has 0 radical (unpaired) electrons. The largest absolute Gasteiger partial charge is 0.460 e. The number of hydrogen-bond acceptors (Lipinski definition) is 5. The van der Waals surface area contributed by atoms with E-state index < -0.39 is 5.97 Å². The minimum atomic E-state index is -0.467. The first-order valence-electron chi connectivity index (χ1n) is 7.91. The SMILES string of the molecule is CCNCCC1CCC(=O)N1Cc1ccc(C(=O)OCC)o1. The Morgan fingerprint density at radius 2 is 2.27 bits per heavy atom. The second-order valence-electron chi connectivity index (χ2n) is 5.34. The number of carbonyl (C=O) groups excluding carboxylic acids is 2. The van der Waals surface area contributed by atoms with Crippen LogP contribution in [0.2, 0.25) is 0 Å². The predicted octanol–water partition coefficient (Wildman–Crippen LogP) is 1.95. The van der Waals surface area contributed by atoms with Crippen LogP contribution in [0.3, 0.4) is 0 Å². The molecule has 2 rings (SSSR count). The Morgan fingerprint density at radius 3 is 3.00 bits per heavy atom. The molecule has 0 spiro atoms. The number of nitrogens with one attached hydrogen (secondary N) is 1. The number of carbonyl (C=O) groups is 2. The van der Waals surface area contributed by atoms with Crippen LogP contribution in [0.25, 0.3) is 0 Å². The summed E-state index contributed by atoms with van der Waals surface area (Å²) in [5.41, 5.74) is 0. The average Bonchev–Trinajstić information content (AvgIpc) is 3.10. The highest BCUT2D eigenvalue weighted by Crippen LogP contribution is 2.24. The Morgan fingerprint density at radius 1 is 1.45 bits per heavy atom. The third-order valence-corrected chi connectivity index (χ3v) is 3.82. The fourth-order valence-corrected chi connectivity index (χ4v) is 2.70. The van der Waals surface area contributed by atoms with Crippen LogP contribution in [-0.4, -0.2) is 42.5 Å². The maximum absolute atomic E-state index is 12.0. The van der Waals surface area contributed by atoms with Gasteiger partial charge in [-0.25, -0.2) is 4.79 Å². The van der Waals surface area contributed by atoms with Crippen molar-refractivity contribution in [1.29, 1.82) is 0 Å². The first kappa shape index (κ1) is 16.5. The van der Waals surface area contributed by atoms with E-state index >= 15 is 0 Å². The molecule has 1 saturated heterocycles. The molecule has 1 atom stereocenters. The standard InChI is InChI=1S/C16H24N2O4/c1-3-17-10-9-12-5-8-15(19)18(12)11-13-6-7-14(22-13)16(20)21-4-2/h6-7,12,17H,3-5,8-11H2,1-2H3. The van der Waals surface area contributed by atoms with Gasteiger partial charge in [-0.1, -0.05) is 6.92 Å². The van der Waals surface area contributed by atoms with Gasteiger partial charge in [-0.3, -0.25) is 4.79 Å². The van der Waals surface area contributed by atoms with Gasteiger partial charge in [0.25, 0.3) is 0 Å². The van der Waals surface area contributed by atoms with Gasteiger partial charge in [-0.15, -0.1) is 0 Å². The minimum Gasteiger partial charge on any atom is -0.460 e. The zero-order chi connectivity index (χ0) is 15.9. The summed E-state index contributed by atoms with van der Waals surface area (Å²) in [6, 6.07) is 3.57. The lowest BCUT2D eigenvalue weighted by molar-refractivity contribution is -0.129. The molecule has 1 amide bonds. The van der Waals surface area contributed by atoms with Crippen LogP contribution < -0.4 is 5.32 Å². The molecule has 1 aliphatic rings. The Balaban J connectivity index is 1.95. The molecule has 1 aromatic heterocycles. The van der Waals surface area contributed by atoms with Crippen molar-refractivity contribution < 1.29 is 18.7 Å². The highest BCUT2D eigenvalue weighted by Gasteiger charge is 2.31. The number of likely N-dealkylation sites (tertiary alicyclic amines) is 1. The summed E-state index contributed by atoms with van der Waals surface area (Å²) in [6.45, 7) is 6.37. The number of nitrogens with zero attached hydrogens (tertiary/aromatic N) is 1. The Labute approximate surface area is 130 Å². The lowest BCUT2D eigenvalue weighted by atomic mass is 10.1. The maximum Gasteiger partial charge on any atom is 0.374 e. The van der Waals surface area contributed by atoms with Crippen LogP contribution in [0.1, 0.15) is 49.4 Å². The number of rotatable bonds is 8.